The molecule has 0 bridgehead atoms. The van der Waals surface area contributed by atoms with Gasteiger partial charge in [-0.2, -0.15) is 0 Å². The maximum absolute atomic E-state index is 13.3. The van der Waals surface area contributed by atoms with Gasteiger partial charge in [0.2, 0.25) is 15.9 Å². The first-order valence-corrected chi connectivity index (χ1v) is 14.4. The van der Waals surface area contributed by atoms with E-state index in [1.54, 1.807) is 12.1 Å². The van der Waals surface area contributed by atoms with Gasteiger partial charge >= 0.3 is 6.09 Å². The van der Waals surface area contributed by atoms with Gasteiger partial charge in [0.05, 0.1) is 23.9 Å². The Hall–Kier alpha value is -2.08. The van der Waals surface area contributed by atoms with Crippen molar-refractivity contribution in [3.05, 3.63) is 34.3 Å². The number of nitrogens with one attached hydrogen (secondary N) is 3. The number of hydrogen-bond donors (Lipinski definition) is 4. The smallest absolute Gasteiger partial charge is 0.408 e. The van der Waals surface area contributed by atoms with Crippen molar-refractivity contribution < 1.29 is 27.9 Å². The van der Waals surface area contributed by atoms with Crippen LogP contribution >= 0.6 is 24.0 Å². The molecule has 6 rings (SSSR count). The van der Waals surface area contributed by atoms with E-state index in [1.165, 1.54) is 4.90 Å². The molecule has 1 aromatic rings. The Morgan fingerprint density at radius 1 is 1.14 bits per heavy atom. The third-order valence-electron chi connectivity index (χ3n) is 8.47. The second kappa shape index (κ2) is 9.29. The van der Waals surface area contributed by atoms with Gasteiger partial charge in [-0.3, -0.25) is 19.2 Å². The Morgan fingerprint density at radius 3 is 2.51 bits per heavy atom. The molecule has 3 saturated carbocycles. The van der Waals surface area contributed by atoms with E-state index in [1.807, 2.05) is 6.07 Å². The first kappa shape index (κ1) is 26.5. The van der Waals surface area contributed by atoms with Crippen LogP contribution in [0.15, 0.2) is 18.2 Å². The van der Waals surface area contributed by atoms with Gasteiger partial charge in [0, 0.05) is 11.6 Å². The lowest BCUT2D eigenvalue weighted by atomic mass is 9.90. The number of nitrogens with zero attached hydrogens (tertiary/aromatic N) is 1. The number of rotatable bonds is 7. The first-order chi connectivity index (χ1) is 17.1. The summed E-state index contributed by atoms with van der Waals surface area (Å²) >= 11 is 6.33. The van der Waals surface area contributed by atoms with Crippen LogP contribution in [0.4, 0.5) is 4.79 Å². The van der Waals surface area contributed by atoms with Crippen molar-refractivity contribution in [2.45, 2.75) is 67.9 Å². The molecule has 1 saturated heterocycles. The number of fused-ring (bicyclic) bond motifs is 1. The van der Waals surface area contributed by atoms with E-state index in [0.29, 0.717) is 43.2 Å². The van der Waals surface area contributed by atoms with E-state index in [0.717, 1.165) is 24.0 Å². The Balaban J connectivity index is 0.00000280. The lowest BCUT2D eigenvalue weighted by Crippen LogP contribution is -2.55. The van der Waals surface area contributed by atoms with Gasteiger partial charge in [-0.15, -0.1) is 12.4 Å². The molecular weight excluding hydrogens is 543 g/mol. The lowest BCUT2D eigenvalue weighted by Gasteiger charge is -2.27. The van der Waals surface area contributed by atoms with Crippen molar-refractivity contribution in [1.82, 2.24) is 20.3 Å². The highest BCUT2D eigenvalue weighted by Crippen LogP contribution is 2.57. The number of halogens is 2. The summed E-state index contributed by atoms with van der Waals surface area (Å²) in [4.78, 5) is 39.8. The molecule has 4 fully saturated rings. The van der Waals surface area contributed by atoms with E-state index < -0.39 is 44.9 Å². The molecule has 1 unspecified atom stereocenters. The number of amides is 3. The van der Waals surface area contributed by atoms with Gasteiger partial charge in [0.15, 0.2) is 0 Å². The number of sulfonamides is 1. The highest BCUT2D eigenvalue weighted by atomic mass is 35.5. The molecule has 13 heteroatoms. The highest BCUT2D eigenvalue weighted by Gasteiger charge is 2.66. The number of hydrogen-bond acceptors (Lipinski definition) is 6. The third-order valence-corrected chi connectivity index (χ3v) is 10.6. The summed E-state index contributed by atoms with van der Waals surface area (Å²) in [5.41, 5.74) is 0.452. The monoisotopic (exact) mass is 572 g/mol. The maximum atomic E-state index is 13.3. The van der Waals surface area contributed by atoms with Crippen molar-refractivity contribution in [2.75, 3.05) is 6.54 Å². The first-order valence-electron chi connectivity index (χ1n) is 12.5. The van der Waals surface area contributed by atoms with Crippen LogP contribution in [-0.2, 0) is 26.2 Å². The number of benzene rings is 1. The maximum Gasteiger partial charge on any atom is 0.408 e. The minimum atomic E-state index is -3.72. The molecule has 0 spiro atoms. The van der Waals surface area contributed by atoms with Gasteiger partial charge in [0.25, 0.3) is 5.91 Å². The van der Waals surface area contributed by atoms with Crippen LogP contribution in [-0.4, -0.2) is 59.7 Å². The number of carbonyl (C=O) groups excluding carboxylic acids is 2. The minimum Gasteiger partial charge on any atom is -0.465 e. The van der Waals surface area contributed by atoms with Gasteiger partial charge in [0.1, 0.15) is 5.54 Å². The summed E-state index contributed by atoms with van der Waals surface area (Å²) in [6.45, 7) is 0.629. The van der Waals surface area contributed by atoms with Crippen molar-refractivity contribution in [1.29, 1.82) is 0 Å². The fraction of sp³-hybridized carbons (Fsp3) is 0.625. The largest absolute Gasteiger partial charge is 0.465 e. The van der Waals surface area contributed by atoms with Crippen LogP contribution in [0.5, 0.6) is 0 Å². The van der Waals surface area contributed by atoms with Crippen LogP contribution in [0.3, 0.4) is 0 Å². The molecule has 1 aromatic carbocycles. The summed E-state index contributed by atoms with van der Waals surface area (Å²) in [5.74, 6) is -0.876. The minimum absolute atomic E-state index is 0. The molecule has 5 atom stereocenters. The van der Waals surface area contributed by atoms with Crippen LogP contribution in [0, 0.1) is 17.8 Å². The van der Waals surface area contributed by atoms with Gasteiger partial charge in [-0.1, -0.05) is 23.7 Å². The Labute approximate surface area is 226 Å². The predicted molar refractivity (Wildman–Crippen MR) is 137 cm³/mol. The average Bonchev–Trinajstić information content (AvgIpc) is 3.72. The van der Waals surface area contributed by atoms with Crippen molar-refractivity contribution >= 4 is 51.9 Å². The fourth-order valence-corrected chi connectivity index (χ4v) is 7.77. The molecule has 5 aliphatic rings. The molecule has 3 amide bonds. The SMILES string of the molecule is Cl.O=C(N[C@]1(C(=O)NS(=O)(=O)C2CC2)C[C@H]1C1CC1)[C@@H]1C[C@@H](C2c3cccc(Cl)c3CN2C(=O)O)CN1. The zero-order valence-electron chi connectivity index (χ0n) is 20.0. The van der Waals surface area contributed by atoms with E-state index in [4.69, 9.17) is 11.6 Å². The Morgan fingerprint density at radius 2 is 1.86 bits per heavy atom. The normalized spacial score (nSPS) is 32.3. The van der Waals surface area contributed by atoms with E-state index in [2.05, 4.69) is 15.4 Å². The molecule has 2 aliphatic heterocycles. The highest BCUT2D eigenvalue weighted by molar-refractivity contribution is 7.91. The predicted octanol–water partition coefficient (Wildman–Crippen LogP) is 2.17. The van der Waals surface area contributed by atoms with Crippen molar-refractivity contribution in [2.24, 2.45) is 17.8 Å². The molecule has 4 N–H and O–H groups in total. The summed E-state index contributed by atoms with van der Waals surface area (Å²) in [5, 5.41) is 15.9. The summed E-state index contributed by atoms with van der Waals surface area (Å²) in [7, 11) is -3.72. The summed E-state index contributed by atoms with van der Waals surface area (Å²) in [6, 6.07) is 4.38. The number of carbonyl (C=O) groups is 3. The molecule has 2 heterocycles. The number of carboxylic acid groups (broad SMARTS) is 1. The van der Waals surface area contributed by atoms with Crippen LogP contribution in [0.2, 0.25) is 5.02 Å². The van der Waals surface area contributed by atoms with Crippen molar-refractivity contribution in [3.8, 4) is 0 Å². The molecule has 0 aromatic heterocycles. The second-order valence-corrected chi connectivity index (χ2v) is 13.3. The zero-order valence-corrected chi connectivity index (χ0v) is 22.4. The lowest BCUT2D eigenvalue weighted by molar-refractivity contribution is -0.130. The second-order valence-electron chi connectivity index (χ2n) is 10.9. The van der Waals surface area contributed by atoms with Crippen LogP contribution < -0.4 is 15.4 Å². The molecule has 0 radical (unpaired) electrons. The average molecular weight is 573 g/mol. The molecule has 37 heavy (non-hydrogen) atoms. The Kier molecular flexibility index (Phi) is 6.66. The third kappa shape index (κ3) is 4.68. The molecule has 202 valence electrons. The van der Waals surface area contributed by atoms with E-state index in [-0.39, 0.29) is 36.7 Å². The summed E-state index contributed by atoms with van der Waals surface area (Å²) < 4.78 is 27.0. The quantitative estimate of drug-likeness (QED) is 0.391. The van der Waals surface area contributed by atoms with Gasteiger partial charge in [-0.05, 0) is 73.5 Å². The zero-order chi connectivity index (χ0) is 25.4. The molecule has 3 aliphatic carbocycles. The van der Waals surface area contributed by atoms with Gasteiger partial charge in [-0.25, -0.2) is 13.2 Å². The molecular formula is C24H30Cl2N4O6S. The van der Waals surface area contributed by atoms with Crippen molar-refractivity contribution in [3.63, 3.8) is 0 Å². The molecule has 10 nitrogen and oxygen atoms in total. The Bertz CT molecular complexity index is 1250. The summed E-state index contributed by atoms with van der Waals surface area (Å²) in [6.07, 6.45) is 2.82. The fourth-order valence-electron chi connectivity index (χ4n) is 6.16. The van der Waals surface area contributed by atoms with Crippen LogP contribution in [0.1, 0.15) is 55.7 Å². The van der Waals surface area contributed by atoms with E-state index in [9.17, 15) is 27.9 Å². The topological polar surface area (TPSA) is 145 Å². The van der Waals surface area contributed by atoms with Crippen LogP contribution in [0.25, 0.3) is 0 Å². The standard InChI is InChI=1S/C24H29ClN4O6S.ClH/c25-18-3-1-2-15-16(18)11-29(23(32)33)20(15)13-8-19(26-10-13)21(30)27-24(9-17(24)12-4-5-12)22(31)28-36(34,35)14-6-7-14;/h1-3,12-14,17,19-20,26H,4-11H2,(H,27,30)(H,28,31)(H,32,33);1H/t13-,17+,19+,20?,24-;/m1./s1. The van der Waals surface area contributed by atoms with E-state index >= 15 is 0 Å². The van der Waals surface area contributed by atoms with Gasteiger partial charge < -0.3 is 15.7 Å².